The summed E-state index contributed by atoms with van der Waals surface area (Å²) in [5, 5.41) is 2.22. The average molecular weight is 356 g/mol. The van der Waals surface area contributed by atoms with Gasteiger partial charge in [-0.3, -0.25) is 24.6 Å². The number of carbonyl (C=O) groups is 4. The lowest BCUT2D eigenvalue weighted by molar-refractivity contribution is -0.137. The molecular formula is C18H20N4O4. The van der Waals surface area contributed by atoms with Crippen molar-refractivity contribution in [1.29, 1.82) is 0 Å². The van der Waals surface area contributed by atoms with Crippen LogP contribution in [0.25, 0.3) is 0 Å². The Morgan fingerprint density at radius 3 is 2.50 bits per heavy atom. The quantitative estimate of drug-likeness (QED) is 0.772. The number of nitrogens with zero attached hydrogens (tertiary/aromatic N) is 3. The molecule has 136 valence electrons. The molecule has 2 atom stereocenters. The van der Waals surface area contributed by atoms with Gasteiger partial charge in [-0.05, 0) is 36.6 Å². The van der Waals surface area contributed by atoms with Gasteiger partial charge >= 0.3 is 6.03 Å². The number of amides is 5. The zero-order valence-electron chi connectivity index (χ0n) is 14.5. The van der Waals surface area contributed by atoms with Gasteiger partial charge in [-0.1, -0.05) is 0 Å². The Labute approximate surface area is 150 Å². The summed E-state index contributed by atoms with van der Waals surface area (Å²) in [5.41, 5.74) is 1.08. The molecule has 8 heteroatoms. The fourth-order valence-corrected chi connectivity index (χ4v) is 3.98. The number of carbonyl (C=O) groups excluding carboxylic acids is 4. The fourth-order valence-electron chi connectivity index (χ4n) is 3.98. The lowest BCUT2D eigenvalue weighted by Crippen LogP contribution is -2.42. The zero-order valence-corrected chi connectivity index (χ0v) is 14.5. The van der Waals surface area contributed by atoms with Crippen LogP contribution in [0, 0.1) is 11.8 Å². The Morgan fingerprint density at radius 1 is 1.12 bits per heavy atom. The highest BCUT2D eigenvalue weighted by atomic mass is 16.2. The summed E-state index contributed by atoms with van der Waals surface area (Å²) in [4.78, 5) is 52.9. The number of urea groups is 1. The summed E-state index contributed by atoms with van der Waals surface area (Å²) in [6, 6.07) is 6.18. The maximum Gasteiger partial charge on any atom is 0.329 e. The van der Waals surface area contributed by atoms with Crippen LogP contribution in [0.5, 0.6) is 0 Å². The molecule has 5 amide bonds. The molecule has 0 saturated carbocycles. The van der Waals surface area contributed by atoms with E-state index in [0.717, 1.165) is 13.0 Å². The van der Waals surface area contributed by atoms with Gasteiger partial charge in [0.2, 0.25) is 11.8 Å². The van der Waals surface area contributed by atoms with E-state index in [2.05, 4.69) is 5.32 Å². The molecule has 3 saturated heterocycles. The molecule has 0 radical (unpaired) electrons. The summed E-state index contributed by atoms with van der Waals surface area (Å²) < 4.78 is 0. The molecular weight excluding hydrogens is 336 g/mol. The molecule has 8 nitrogen and oxygen atoms in total. The van der Waals surface area contributed by atoms with E-state index < -0.39 is 6.03 Å². The molecule has 3 heterocycles. The fraction of sp³-hybridized carbons (Fsp3) is 0.444. The molecule has 1 N–H and O–H groups in total. The minimum atomic E-state index is -0.458. The predicted octanol–water partition coefficient (Wildman–Crippen LogP) is 0.293. The van der Waals surface area contributed by atoms with E-state index in [1.807, 2.05) is 0 Å². The Balaban J connectivity index is 1.47. The van der Waals surface area contributed by atoms with Crippen LogP contribution in [-0.4, -0.2) is 66.8 Å². The Bertz CT molecular complexity index is 791. The number of imide groups is 1. The molecule has 3 fully saturated rings. The van der Waals surface area contributed by atoms with Gasteiger partial charge in [-0.15, -0.1) is 0 Å². The highest BCUT2D eigenvalue weighted by molar-refractivity contribution is 6.12. The number of likely N-dealkylation sites (tertiary alicyclic amines) is 2. The largest absolute Gasteiger partial charge is 0.345 e. The average Bonchev–Trinajstić information content (AvgIpc) is 3.21. The number of benzene rings is 1. The number of piperidine rings is 1. The molecule has 0 bridgehead atoms. The molecule has 0 aromatic heterocycles. The smallest absolute Gasteiger partial charge is 0.329 e. The summed E-state index contributed by atoms with van der Waals surface area (Å²) >= 11 is 0. The summed E-state index contributed by atoms with van der Waals surface area (Å²) in [6.45, 7) is 1.79. The van der Waals surface area contributed by atoms with Crippen molar-refractivity contribution >= 4 is 29.4 Å². The topological polar surface area (TPSA) is 90.0 Å². The van der Waals surface area contributed by atoms with Gasteiger partial charge in [0, 0.05) is 37.9 Å². The maximum absolute atomic E-state index is 12.8. The number of hydrogen-bond acceptors (Lipinski definition) is 4. The van der Waals surface area contributed by atoms with Gasteiger partial charge in [0.25, 0.3) is 5.91 Å². The van der Waals surface area contributed by atoms with Gasteiger partial charge in [-0.2, -0.15) is 0 Å². The molecule has 26 heavy (non-hydrogen) atoms. The number of anilines is 1. The molecule has 0 spiro atoms. The van der Waals surface area contributed by atoms with Crippen molar-refractivity contribution in [2.45, 2.75) is 6.42 Å². The van der Waals surface area contributed by atoms with Crippen LogP contribution in [-0.2, 0) is 9.59 Å². The standard InChI is InChI=1S/C18H20N4O4/c1-20-7-6-12-8-21(9-14(12)17(20)25)16(24)11-2-4-13(5-3-11)22-10-15(23)19-18(22)26/h2-5,12,14H,6-10H2,1H3,(H,19,23,26)/t12-,14+/m1/s1. The number of rotatable bonds is 2. The Kier molecular flexibility index (Phi) is 3.90. The van der Waals surface area contributed by atoms with E-state index in [1.165, 1.54) is 4.90 Å². The van der Waals surface area contributed by atoms with E-state index in [0.29, 0.717) is 24.3 Å². The van der Waals surface area contributed by atoms with Gasteiger partial charge in [0.15, 0.2) is 0 Å². The van der Waals surface area contributed by atoms with Gasteiger partial charge < -0.3 is 9.80 Å². The van der Waals surface area contributed by atoms with Crippen molar-refractivity contribution < 1.29 is 19.2 Å². The van der Waals surface area contributed by atoms with Gasteiger partial charge in [0.1, 0.15) is 6.54 Å². The van der Waals surface area contributed by atoms with Crippen molar-refractivity contribution in [2.24, 2.45) is 11.8 Å². The van der Waals surface area contributed by atoms with E-state index in [-0.39, 0.29) is 36.1 Å². The third kappa shape index (κ3) is 2.71. The van der Waals surface area contributed by atoms with Crippen molar-refractivity contribution in [2.75, 3.05) is 38.1 Å². The number of nitrogens with one attached hydrogen (secondary N) is 1. The van der Waals surface area contributed by atoms with Crippen molar-refractivity contribution in [1.82, 2.24) is 15.1 Å². The normalized spacial score (nSPS) is 25.6. The van der Waals surface area contributed by atoms with Gasteiger partial charge in [-0.25, -0.2) is 4.79 Å². The first-order chi connectivity index (χ1) is 12.4. The summed E-state index contributed by atoms with van der Waals surface area (Å²) in [6.07, 6.45) is 0.924. The van der Waals surface area contributed by atoms with Crippen molar-refractivity contribution in [3.8, 4) is 0 Å². The second-order valence-corrected chi connectivity index (χ2v) is 7.11. The minimum absolute atomic E-state index is 0.0166. The van der Waals surface area contributed by atoms with Crippen LogP contribution in [0.15, 0.2) is 24.3 Å². The van der Waals surface area contributed by atoms with Crippen molar-refractivity contribution in [3.05, 3.63) is 29.8 Å². The molecule has 3 aliphatic heterocycles. The van der Waals surface area contributed by atoms with Crippen LogP contribution < -0.4 is 10.2 Å². The minimum Gasteiger partial charge on any atom is -0.345 e. The monoisotopic (exact) mass is 356 g/mol. The van der Waals surface area contributed by atoms with Gasteiger partial charge in [0.05, 0.1) is 5.92 Å². The maximum atomic E-state index is 12.8. The highest BCUT2D eigenvalue weighted by Gasteiger charge is 2.43. The predicted molar refractivity (Wildman–Crippen MR) is 92.5 cm³/mol. The molecule has 0 unspecified atom stereocenters. The Morgan fingerprint density at radius 2 is 1.85 bits per heavy atom. The second-order valence-electron chi connectivity index (χ2n) is 7.11. The molecule has 1 aromatic rings. The zero-order chi connectivity index (χ0) is 18.4. The lowest BCUT2D eigenvalue weighted by Gasteiger charge is -2.30. The van der Waals surface area contributed by atoms with Crippen molar-refractivity contribution in [3.63, 3.8) is 0 Å². The number of hydrogen-bond donors (Lipinski definition) is 1. The Hall–Kier alpha value is -2.90. The first-order valence-corrected chi connectivity index (χ1v) is 8.69. The second kappa shape index (κ2) is 6.12. The first kappa shape index (κ1) is 16.6. The molecule has 0 aliphatic carbocycles. The van der Waals surface area contributed by atoms with E-state index in [4.69, 9.17) is 0 Å². The summed E-state index contributed by atoms with van der Waals surface area (Å²) in [7, 11) is 1.81. The van der Waals surface area contributed by atoms with Crippen LogP contribution in [0.4, 0.5) is 10.5 Å². The lowest BCUT2D eigenvalue weighted by atomic mass is 9.88. The number of fused-ring (bicyclic) bond motifs is 1. The van der Waals surface area contributed by atoms with Crippen LogP contribution in [0.3, 0.4) is 0 Å². The van der Waals surface area contributed by atoms with E-state index in [1.54, 1.807) is 41.1 Å². The molecule has 1 aromatic carbocycles. The molecule has 4 rings (SSSR count). The molecule has 3 aliphatic rings. The highest BCUT2D eigenvalue weighted by Crippen LogP contribution is 2.32. The first-order valence-electron chi connectivity index (χ1n) is 8.69. The third-order valence-corrected chi connectivity index (χ3v) is 5.48. The van der Waals surface area contributed by atoms with E-state index in [9.17, 15) is 19.2 Å². The third-order valence-electron chi connectivity index (χ3n) is 5.48. The van der Waals surface area contributed by atoms with Crippen LogP contribution in [0.2, 0.25) is 0 Å². The van der Waals surface area contributed by atoms with E-state index >= 15 is 0 Å². The van der Waals surface area contributed by atoms with Crippen LogP contribution >= 0.6 is 0 Å². The summed E-state index contributed by atoms with van der Waals surface area (Å²) in [5.74, 6) is -0.193. The SMILES string of the molecule is CN1CC[C@@H]2CN(C(=O)c3ccc(N4CC(=O)NC4=O)cc3)C[C@@H]2C1=O. The van der Waals surface area contributed by atoms with Crippen LogP contribution in [0.1, 0.15) is 16.8 Å².